The Bertz CT molecular complexity index is 478. The number of hydrogen-bond donors (Lipinski definition) is 2. The first-order valence-corrected chi connectivity index (χ1v) is 7.44. The predicted molar refractivity (Wildman–Crippen MR) is 83.6 cm³/mol. The molecule has 0 unspecified atom stereocenters. The quantitative estimate of drug-likeness (QED) is 0.541. The average molecular weight is 308 g/mol. The van der Waals surface area contributed by atoms with E-state index in [4.69, 9.17) is 14.6 Å². The van der Waals surface area contributed by atoms with Crippen LogP contribution in [0.3, 0.4) is 0 Å². The Morgan fingerprint density at radius 3 is 2.59 bits per heavy atom. The maximum Gasteiger partial charge on any atom is 0.333 e. The van der Waals surface area contributed by atoms with E-state index in [1.807, 2.05) is 0 Å². The highest BCUT2D eigenvalue weighted by atomic mass is 16.5. The number of ether oxygens (including phenoxy) is 2. The van der Waals surface area contributed by atoms with Crippen LogP contribution in [0.2, 0.25) is 0 Å². The maximum atomic E-state index is 11.4. The van der Waals surface area contributed by atoms with E-state index >= 15 is 0 Å². The molecule has 5 heteroatoms. The molecule has 0 saturated heterocycles. The van der Waals surface area contributed by atoms with E-state index < -0.39 is 6.10 Å². The second-order valence-electron chi connectivity index (χ2n) is 4.84. The van der Waals surface area contributed by atoms with Crippen molar-refractivity contribution in [3.05, 3.63) is 41.5 Å². The molecule has 5 nitrogen and oxygen atoms in total. The number of hydrogen-bond acceptors (Lipinski definition) is 5. The molecular weight excluding hydrogens is 284 g/mol. The average Bonchev–Trinajstić information content (AvgIpc) is 2.53. The van der Waals surface area contributed by atoms with Gasteiger partial charge in [-0.25, -0.2) is 4.79 Å². The third kappa shape index (κ3) is 6.28. The Kier molecular flexibility index (Phi) is 8.25. The second kappa shape index (κ2) is 9.97. The third-order valence-corrected chi connectivity index (χ3v) is 3.11. The molecule has 0 heterocycles. The Morgan fingerprint density at radius 1 is 1.32 bits per heavy atom. The number of carbonyl (C=O) groups is 1. The van der Waals surface area contributed by atoms with Gasteiger partial charge in [-0.1, -0.05) is 18.2 Å². The molecule has 1 rings (SSSR count). The molecule has 1 aromatic rings. The van der Waals surface area contributed by atoms with E-state index in [9.17, 15) is 9.90 Å². The summed E-state index contributed by atoms with van der Waals surface area (Å²) in [5, 5.41) is 18.8. The van der Waals surface area contributed by atoms with Crippen LogP contribution >= 0.6 is 0 Å². The highest BCUT2D eigenvalue weighted by molar-refractivity contribution is 5.87. The van der Waals surface area contributed by atoms with Gasteiger partial charge in [-0.05, 0) is 44.4 Å². The van der Waals surface area contributed by atoms with Crippen molar-refractivity contribution in [2.24, 2.45) is 0 Å². The Labute approximate surface area is 131 Å². The van der Waals surface area contributed by atoms with E-state index in [1.165, 1.54) is 0 Å². The van der Waals surface area contributed by atoms with Crippen LogP contribution in [0.15, 0.2) is 35.9 Å². The summed E-state index contributed by atoms with van der Waals surface area (Å²) in [6.07, 6.45) is 2.29. The summed E-state index contributed by atoms with van der Waals surface area (Å²) < 4.78 is 10.1. The normalized spacial score (nSPS) is 12.8. The van der Waals surface area contributed by atoms with Gasteiger partial charge in [-0.3, -0.25) is 0 Å². The first kappa shape index (κ1) is 18.2. The molecule has 0 aliphatic carbocycles. The monoisotopic (exact) mass is 308 g/mol. The smallest absolute Gasteiger partial charge is 0.333 e. The standard InChI is InChI=1S/C17H24O5/c1-3-21-17(20)13(2)5-4-6-16(19)14-7-9-15(10-8-14)22-12-11-18/h5,7-10,16,18-19H,3-4,6,11-12H2,1-2H3/b13-5+/t16-/m0/s1. The molecule has 0 radical (unpaired) electrons. The molecule has 0 bridgehead atoms. The van der Waals surface area contributed by atoms with Gasteiger partial charge in [0.15, 0.2) is 0 Å². The number of rotatable bonds is 9. The lowest BCUT2D eigenvalue weighted by Gasteiger charge is -2.11. The highest BCUT2D eigenvalue weighted by Crippen LogP contribution is 2.21. The fraction of sp³-hybridized carbons (Fsp3) is 0.471. The molecule has 0 aromatic heterocycles. The number of esters is 1. The number of allylic oxidation sites excluding steroid dienone is 1. The minimum Gasteiger partial charge on any atom is -0.491 e. The maximum absolute atomic E-state index is 11.4. The molecule has 0 amide bonds. The van der Waals surface area contributed by atoms with Crippen molar-refractivity contribution < 1.29 is 24.5 Å². The van der Waals surface area contributed by atoms with Crippen LogP contribution in [-0.2, 0) is 9.53 Å². The Balaban J connectivity index is 2.46. The van der Waals surface area contributed by atoms with Crippen LogP contribution in [0.4, 0.5) is 0 Å². The summed E-state index contributed by atoms with van der Waals surface area (Å²) in [5.74, 6) is 0.338. The van der Waals surface area contributed by atoms with Gasteiger partial charge < -0.3 is 19.7 Å². The molecule has 122 valence electrons. The van der Waals surface area contributed by atoms with E-state index in [2.05, 4.69) is 0 Å². The zero-order valence-corrected chi connectivity index (χ0v) is 13.1. The first-order chi connectivity index (χ1) is 10.6. The molecule has 1 atom stereocenters. The van der Waals surface area contributed by atoms with E-state index in [0.717, 1.165) is 5.56 Å². The van der Waals surface area contributed by atoms with Crippen LogP contribution in [0, 0.1) is 0 Å². The van der Waals surface area contributed by atoms with Crippen molar-refractivity contribution in [2.45, 2.75) is 32.8 Å². The lowest BCUT2D eigenvalue weighted by atomic mass is 10.0. The van der Waals surface area contributed by atoms with Crippen LogP contribution in [0.1, 0.15) is 38.4 Å². The zero-order valence-electron chi connectivity index (χ0n) is 13.1. The summed E-state index contributed by atoms with van der Waals surface area (Å²) in [7, 11) is 0. The summed E-state index contributed by atoms with van der Waals surface area (Å²) >= 11 is 0. The molecule has 22 heavy (non-hydrogen) atoms. The number of aliphatic hydroxyl groups excluding tert-OH is 2. The van der Waals surface area contributed by atoms with Gasteiger partial charge >= 0.3 is 5.97 Å². The van der Waals surface area contributed by atoms with Crippen molar-refractivity contribution in [3.8, 4) is 5.75 Å². The van der Waals surface area contributed by atoms with Crippen molar-refractivity contribution in [2.75, 3.05) is 19.8 Å². The fourth-order valence-corrected chi connectivity index (χ4v) is 1.90. The number of aliphatic hydroxyl groups is 2. The molecule has 1 aromatic carbocycles. The molecule has 0 aliphatic heterocycles. The van der Waals surface area contributed by atoms with Crippen LogP contribution in [-0.4, -0.2) is 36.0 Å². The van der Waals surface area contributed by atoms with E-state index in [-0.39, 0.29) is 19.2 Å². The second-order valence-corrected chi connectivity index (χ2v) is 4.84. The van der Waals surface area contributed by atoms with Crippen LogP contribution in [0.25, 0.3) is 0 Å². The lowest BCUT2D eigenvalue weighted by molar-refractivity contribution is -0.138. The van der Waals surface area contributed by atoms with E-state index in [0.29, 0.717) is 30.8 Å². The van der Waals surface area contributed by atoms with Gasteiger partial charge in [0.2, 0.25) is 0 Å². The van der Waals surface area contributed by atoms with Crippen molar-refractivity contribution >= 4 is 5.97 Å². The SMILES string of the molecule is CCOC(=O)/C(C)=C/CC[C@H](O)c1ccc(OCCO)cc1. The summed E-state index contributed by atoms with van der Waals surface area (Å²) in [6.45, 7) is 4.05. The van der Waals surface area contributed by atoms with Crippen molar-refractivity contribution in [1.82, 2.24) is 0 Å². The molecule has 0 aliphatic rings. The third-order valence-electron chi connectivity index (χ3n) is 3.11. The Hall–Kier alpha value is -1.85. The largest absolute Gasteiger partial charge is 0.491 e. The van der Waals surface area contributed by atoms with Gasteiger partial charge in [-0.2, -0.15) is 0 Å². The number of benzene rings is 1. The van der Waals surface area contributed by atoms with Gasteiger partial charge in [0, 0.05) is 5.57 Å². The van der Waals surface area contributed by atoms with E-state index in [1.54, 1.807) is 44.2 Å². The summed E-state index contributed by atoms with van der Waals surface area (Å²) in [6, 6.07) is 7.10. The molecule has 0 spiro atoms. The topological polar surface area (TPSA) is 76.0 Å². The fourth-order valence-electron chi connectivity index (χ4n) is 1.90. The lowest BCUT2D eigenvalue weighted by Crippen LogP contribution is -2.05. The first-order valence-electron chi connectivity index (χ1n) is 7.44. The summed E-state index contributed by atoms with van der Waals surface area (Å²) in [5.41, 5.74) is 1.35. The molecule has 0 saturated carbocycles. The minimum atomic E-state index is -0.599. The van der Waals surface area contributed by atoms with Gasteiger partial charge in [0.25, 0.3) is 0 Å². The van der Waals surface area contributed by atoms with Gasteiger partial charge in [0.1, 0.15) is 12.4 Å². The summed E-state index contributed by atoms with van der Waals surface area (Å²) in [4.78, 5) is 11.4. The molecule has 0 fully saturated rings. The van der Waals surface area contributed by atoms with Crippen LogP contribution < -0.4 is 4.74 Å². The number of carbonyl (C=O) groups excluding carboxylic acids is 1. The van der Waals surface area contributed by atoms with Crippen molar-refractivity contribution in [3.63, 3.8) is 0 Å². The predicted octanol–water partition coefficient (Wildman–Crippen LogP) is 2.38. The van der Waals surface area contributed by atoms with Crippen molar-refractivity contribution in [1.29, 1.82) is 0 Å². The van der Waals surface area contributed by atoms with Gasteiger partial charge in [-0.15, -0.1) is 0 Å². The van der Waals surface area contributed by atoms with Crippen LogP contribution in [0.5, 0.6) is 5.75 Å². The molecular formula is C17H24O5. The molecule has 2 N–H and O–H groups in total. The highest BCUT2D eigenvalue weighted by Gasteiger charge is 2.08. The Morgan fingerprint density at radius 2 is 2.00 bits per heavy atom. The zero-order chi connectivity index (χ0) is 16.4. The minimum absolute atomic E-state index is 0.0312. The van der Waals surface area contributed by atoms with Gasteiger partial charge in [0.05, 0.1) is 19.3 Å².